The fraction of sp³-hybridized carbons (Fsp3) is 0.375. The molecule has 9 heteroatoms. The molecule has 1 atom stereocenters. The Bertz CT molecular complexity index is 846. The summed E-state index contributed by atoms with van der Waals surface area (Å²) >= 11 is 0. The number of carbonyl (C=O) groups is 3. The number of unbranched alkanes of at least 4 members (excludes halogenated alkanes) is 1. The molecule has 0 bridgehead atoms. The van der Waals surface area contributed by atoms with Crippen LogP contribution in [0.4, 0.5) is 9.59 Å². The van der Waals surface area contributed by atoms with Gasteiger partial charge in [0.15, 0.2) is 0 Å². The SMILES string of the molecule is O=C(NCCCC[C@H](NC(=O)OCc1ccccc1)C(=O)OCCO)OCc1ccccc1. The maximum absolute atomic E-state index is 12.2. The van der Waals surface area contributed by atoms with Crippen LogP contribution in [0.2, 0.25) is 0 Å². The average Bonchev–Trinajstić information content (AvgIpc) is 2.85. The fourth-order valence-electron chi connectivity index (χ4n) is 2.84. The van der Waals surface area contributed by atoms with Crippen LogP contribution in [0.1, 0.15) is 30.4 Å². The van der Waals surface area contributed by atoms with Crippen LogP contribution in [-0.4, -0.2) is 49.1 Å². The van der Waals surface area contributed by atoms with Crippen molar-refractivity contribution in [2.24, 2.45) is 0 Å². The van der Waals surface area contributed by atoms with Gasteiger partial charge in [0, 0.05) is 6.54 Å². The summed E-state index contributed by atoms with van der Waals surface area (Å²) in [7, 11) is 0. The van der Waals surface area contributed by atoms with Gasteiger partial charge in [-0.05, 0) is 30.4 Å². The van der Waals surface area contributed by atoms with E-state index >= 15 is 0 Å². The van der Waals surface area contributed by atoms with Crippen LogP contribution in [-0.2, 0) is 32.2 Å². The second-order valence-corrected chi connectivity index (χ2v) is 7.13. The third kappa shape index (κ3) is 11.0. The van der Waals surface area contributed by atoms with Crippen molar-refractivity contribution in [2.45, 2.75) is 38.5 Å². The van der Waals surface area contributed by atoms with E-state index in [1.54, 1.807) is 0 Å². The Kier molecular flexibility index (Phi) is 11.9. The number of hydrogen-bond acceptors (Lipinski definition) is 7. The number of aliphatic hydroxyl groups is 1. The number of nitrogens with one attached hydrogen (secondary N) is 2. The molecular formula is C24H30N2O7. The van der Waals surface area contributed by atoms with Crippen LogP contribution in [0.25, 0.3) is 0 Å². The van der Waals surface area contributed by atoms with Crippen molar-refractivity contribution in [1.82, 2.24) is 10.6 Å². The Hall–Kier alpha value is -3.59. The molecule has 0 radical (unpaired) electrons. The van der Waals surface area contributed by atoms with Gasteiger partial charge in [-0.15, -0.1) is 0 Å². The number of esters is 1. The predicted molar refractivity (Wildman–Crippen MR) is 120 cm³/mol. The molecule has 2 amide bonds. The molecule has 178 valence electrons. The van der Waals surface area contributed by atoms with Gasteiger partial charge in [-0.2, -0.15) is 0 Å². The van der Waals surface area contributed by atoms with E-state index in [9.17, 15) is 14.4 Å². The third-order valence-corrected chi connectivity index (χ3v) is 4.53. The van der Waals surface area contributed by atoms with Gasteiger partial charge in [-0.25, -0.2) is 14.4 Å². The highest BCUT2D eigenvalue weighted by molar-refractivity contribution is 5.81. The van der Waals surface area contributed by atoms with Crippen molar-refractivity contribution >= 4 is 18.2 Å². The van der Waals surface area contributed by atoms with E-state index < -0.39 is 24.2 Å². The molecule has 0 aromatic heterocycles. The topological polar surface area (TPSA) is 123 Å². The fourth-order valence-corrected chi connectivity index (χ4v) is 2.84. The largest absolute Gasteiger partial charge is 0.462 e. The highest BCUT2D eigenvalue weighted by Gasteiger charge is 2.22. The Labute approximate surface area is 193 Å². The quantitative estimate of drug-likeness (QED) is 0.240. The first-order valence-corrected chi connectivity index (χ1v) is 10.8. The second kappa shape index (κ2) is 15.3. The zero-order valence-corrected chi connectivity index (χ0v) is 18.4. The van der Waals surface area contributed by atoms with Crippen molar-refractivity contribution < 1.29 is 33.7 Å². The van der Waals surface area contributed by atoms with Gasteiger partial charge in [0.2, 0.25) is 0 Å². The first-order valence-electron chi connectivity index (χ1n) is 10.8. The summed E-state index contributed by atoms with van der Waals surface area (Å²) in [6.45, 7) is 0.127. The second-order valence-electron chi connectivity index (χ2n) is 7.13. The lowest BCUT2D eigenvalue weighted by atomic mass is 10.1. The van der Waals surface area contributed by atoms with Gasteiger partial charge in [0.05, 0.1) is 6.61 Å². The first kappa shape index (κ1) is 25.7. The summed E-state index contributed by atoms with van der Waals surface area (Å²) < 4.78 is 15.2. The predicted octanol–water partition coefficient (Wildman–Crippen LogP) is 2.91. The summed E-state index contributed by atoms with van der Waals surface area (Å²) in [6, 6.07) is 17.6. The molecular weight excluding hydrogens is 428 g/mol. The van der Waals surface area contributed by atoms with Gasteiger partial charge >= 0.3 is 18.2 Å². The van der Waals surface area contributed by atoms with Crippen LogP contribution in [0.5, 0.6) is 0 Å². The molecule has 0 saturated heterocycles. The van der Waals surface area contributed by atoms with Crippen molar-refractivity contribution in [3.63, 3.8) is 0 Å². The molecule has 2 aromatic rings. The highest BCUT2D eigenvalue weighted by atomic mass is 16.6. The Morgan fingerprint density at radius 3 is 1.94 bits per heavy atom. The lowest BCUT2D eigenvalue weighted by molar-refractivity contribution is -0.147. The number of alkyl carbamates (subject to hydrolysis) is 2. The number of benzene rings is 2. The molecule has 0 aliphatic carbocycles. The molecule has 0 aliphatic heterocycles. The number of carbonyl (C=O) groups excluding carboxylic acids is 3. The molecule has 0 heterocycles. The number of amides is 2. The van der Waals surface area contributed by atoms with Crippen molar-refractivity contribution in [2.75, 3.05) is 19.8 Å². The van der Waals surface area contributed by atoms with Gasteiger partial charge in [-0.1, -0.05) is 60.7 Å². The lowest BCUT2D eigenvalue weighted by Gasteiger charge is -2.17. The zero-order valence-electron chi connectivity index (χ0n) is 18.4. The molecule has 33 heavy (non-hydrogen) atoms. The van der Waals surface area contributed by atoms with Gasteiger partial charge in [0.25, 0.3) is 0 Å². The van der Waals surface area contributed by atoms with Crippen molar-refractivity contribution in [3.8, 4) is 0 Å². The standard InChI is InChI=1S/C24H30N2O7/c27-15-16-31-22(28)21(26-24(30)33-18-20-11-5-2-6-12-20)13-7-8-14-25-23(29)32-17-19-9-3-1-4-10-19/h1-6,9-12,21,27H,7-8,13-18H2,(H,25,29)(H,26,30)/t21-/m0/s1. The van der Waals surface area contributed by atoms with Crippen molar-refractivity contribution in [3.05, 3.63) is 71.8 Å². The van der Waals surface area contributed by atoms with Crippen LogP contribution >= 0.6 is 0 Å². The monoisotopic (exact) mass is 458 g/mol. The Morgan fingerprint density at radius 1 is 0.788 bits per heavy atom. The minimum absolute atomic E-state index is 0.0695. The third-order valence-electron chi connectivity index (χ3n) is 4.53. The summed E-state index contributed by atoms with van der Waals surface area (Å²) in [5, 5.41) is 14.0. The summed E-state index contributed by atoms with van der Waals surface area (Å²) in [6.07, 6.45) is 0.0977. The molecule has 9 nitrogen and oxygen atoms in total. The normalized spacial score (nSPS) is 11.2. The summed E-state index contributed by atoms with van der Waals surface area (Å²) in [5.41, 5.74) is 1.71. The number of hydrogen-bond donors (Lipinski definition) is 3. The van der Waals surface area contributed by atoms with E-state index in [0.717, 1.165) is 11.1 Å². The molecule has 0 unspecified atom stereocenters. The number of aliphatic hydroxyl groups excluding tert-OH is 1. The Morgan fingerprint density at radius 2 is 1.36 bits per heavy atom. The first-order chi connectivity index (χ1) is 16.1. The number of ether oxygens (including phenoxy) is 3. The van der Waals surface area contributed by atoms with Gasteiger partial charge < -0.3 is 30.0 Å². The van der Waals surface area contributed by atoms with Crippen LogP contribution in [0, 0.1) is 0 Å². The van der Waals surface area contributed by atoms with Crippen LogP contribution < -0.4 is 10.6 Å². The lowest BCUT2D eigenvalue weighted by Crippen LogP contribution is -2.42. The minimum Gasteiger partial charge on any atom is -0.462 e. The molecule has 0 fully saturated rings. The molecule has 3 N–H and O–H groups in total. The van der Waals surface area contributed by atoms with E-state index in [1.807, 2.05) is 60.7 Å². The average molecular weight is 459 g/mol. The minimum atomic E-state index is -0.926. The molecule has 0 saturated carbocycles. The van der Waals surface area contributed by atoms with Gasteiger partial charge in [-0.3, -0.25) is 0 Å². The molecule has 0 aliphatic rings. The molecule has 2 rings (SSSR count). The van der Waals surface area contributed by atoms with E-state index in [1.165, 1.54) is 0 Å². The van der Waals surface area contributed by atoms with Gasteiger partial charge in [0.1, 0.15) is 25.9 Å². The summed E-state index contributed by atoms with van der Waals surface area (Å²) in [5.74, 6) is -0.657. The smallest absolute Gasteiger partial charge is 0.408 e. The number of rotatable bonds is 13. The van der Waals surface area contributed by atoms with E-state index in [-0.39, 0.29) is 32.8 Å². The Balaban J connectivity index is 1.69. The van der Waals surface area contributed by atoms with E-state index in [0.29, 0.717) is 19.4 Å². The maximum atomic E-state index is 12.2. The van der Waals surface area contributed by atoms with Crippen LogP contribution in [0.15, 0.2) is 60.7 Å². The van der Waals surface area contributed by atoms with E-state index in [4.69, 9.17) is 19.3 Å². The van der Waals surface area contributed by atoms with E-state index in [2.05, 4.69) is 10.6 Å². The molecule has 0 spiro atoms. The zero-order chi connectivity index (χ0) is 23.7. The summed E-state index contributed by atoms with van der Waals surface area (Å²) in [4.78, 5) is 36.1. The maximum Gasteiger partial charge on any atom is 0.408 e. The highest BCUT2D eigenvalue weighted by Crippen LogP contribution is 2.06. The van der Waals surface area contributed by atoms with Crippen molar-refractivity contribution in [1.29, 1.82) is 0 Å². The van der Waals surface area contributed by atoms with Crippen LogP contribution in [0.3, 0.4) is 0 Å². The molecule has 2 aromatic carbocycles.